The van der Waals surface area contributed by atoms with Crippen LogP contribution in [0.4, 0.5) is 8.78 Å². The van der Waals surface area contributed by atoms with Crippen LogP contribution in [-0.4, -0.2) is 18.4 Å². The van der Waals surface area contributed by atoms with Gasteiger partial charge in [-0.3, -0.25) is 4.79 Å². The smallest absolute Gasteiger partial charge is 0.262 e. The van der Waals surface area contributed by atoms with Gasteiger partial charge in [-0.15, -0.1) is 0 Å². The van der Waals surface area contributed by atoms with Crippen molar-refractivity contribution in [3.05, 3.63) is 32.4 Å². The van der Waals surface area contributed by atoms with Gasteiger partial charge in [0.1, 0.15) is 0 Å². The van der Waals surface area contributed by atoms with Gasteiger partial charge in [-0.25, -0.2) is 8.78 Å². The third-order valence-corrected chi connectivity index (χ3v) is 3.31. The molecule has 88 valence electrons. The molecule has 0 spiro atoms. The van der Waals surface area contributed by atoms with Crippen LogP contribution in [0.2, 0.25) is 5.02 Å². The monoisotopic (exact) mass is 359 g/mol. The van der Waals surface area contributed by atoms with Crippen LogP contribution < -0.4 is 5.32 Å². The molecule has 2 nitrogen and oxygen atoms in total. The summed E-state index contributed by atoms with van der Waals surface area (Å²) in [6, 6.07) is 4.64. The first-order valence-electron chi connectivity index (χ1n) is 4.41. The van der Waals surface area contributed by atoms with Gasteiger partial charge in [0.15, 0.2) is 0 Å². The van der Waals surface area contributed by atoms with E-state index >= 15 is 0 Å². The minimum absolute atomic E-state index is 0.273. The molecule has 0 aliphatic carbocycles. The Kier molecular flexibility index (Phi) is 4.49. The van der Waals surface area contributed by atoms with Crippen molar-refractivity contribution in [1.82, 2.24) is 5.32 Å². The number of carbonyl (C=O) groups excluding carboxylic acids is 1. The first-order chi connectivity index (χ1) is 7.29. The molecule has 0 aromatic heterocycles. The minimum atomic E-state index is -2.91. The SMILES string of the molecule is CC(F)(F)CNC(=O)c1ccc(I)c(Cl)c1. The summed E-state index contributed by atoms with van der Waals surface area (Å²) >= 11 is 7.83. The third-order valence-electron chi connectivity index (χ3n) is 1.74. The summed E-state index contributed by atoms with van der Waals surface area (Å²) < 4.78 is 25.8. The molecule has 0 aliphatic rings. The van der Waals surface area contributed by atoms with E-state index in [9.17, 15) is 13.6 Å². The van der Waals surface area contributed by atoms with Crippen LogP contribution in [0.1, 0.15) is 17.3 Å². The van der Waals surface area contributed by atoms with Gasteiger partial charge in [0.05, 0.1) is 11.6 Å². The Morgan fingerprint density at radius 1 is 1.56 bits per heavy atom. The number of rotatable bonds is 3. The Labute approximate surface area is 110 Å². The fourth-order valence-electron chi connectivity index (χ4n) is 0.975. The van der Waals surface area contributed by atoms with Crippen molar-refractivity contribution < 1.29 is 13.6 Å². The second-order valence-corrected chi connectivity index (χ2v) is 4.95. The molecule has 1 amide bonds. The molecule has 0 saturated carbocycles. The van der Waals surface area contributed by atoms with Crippen molar-refractivity contribution in [2.24, 2.45) is 0 Å². The lowest BCUT2D eigenvalue weighted by Crippen LogP contribution is -2.34. The maximum absolute atomic E-state index is 12.5. The minimum Gasteiger partial charge on any atom is -0.346 e. The van der Waals surface area contributed by atoms with E-state index in [1.807, 2.05) is 22.6 Å². The van der Waals surface area contributed by atoms with Crippen molar-refractivity contribution in [2.75, 3.05) is 6.54 Å². The first kappa shape index (κ1) is 13.6. The predicted octanol–water partition coefficient (Wildman–Crippen LogP) is 3.33. The fourth-order valence-corrected chi connectivity index (χ4v) is 1.49. The topological polar surface area (TPSA) is 29.1 Å². The Hall–Kier alpha value is -0.430. The van der Waals surface area contributed by atoms with E-state index in [4.69, 9.17) is 11.6 Å². The van der Waals surface area contributed by atoms with E-state index in [2.05, 4.69) is 5.32 Å². The maximum Gasteiger partial charge on any atom is 0.262 e. The van der Waals surface area contributed by atoms with E-state index < -0.39 is 18.4 Å². The highest BCUT2D eigenvalue weighted by Gasteiger charge is 2.22. The van der Waals surface area contributed by atoms with Crippen LogP contribution in [0.3, 0.4) is 0 Å². The highest BCUT2D eigenvalue weighted by atomic mass is 127. The van der Waals surface area contributed by atoms with Gasteiger partial charge in [-0.2, -0.15) is 0 Å². The second-order valence-electron chi connectivity index (χ2n) is 3.38. The highest BCUT2D eigenvalue weighted by Crippen LogP contribution is 2.19. The zero-order chi connectivity index (χ0) is 12.3. The van der Waals surface area contributed by atoms with Gasteiger partial charge >= 0.3 is 0 Å². The average molecular weight is 360 g/mol. The molecule has 0 aliphatic heterocycles. The molecule has 1 N–H and O–H groups in total. The van der Waals surface area contributed by atoms with Gasteiger partial charge in [0, 0.05) is 16.1 Å². The Morgan fingerprint density at radius 2 is 2.19 bits per heavy atom. The van der Waals surface area contributed by atoms with Crippen molar-refractivity contribution >= 4 is 40.1 Å². The van der Waals surface area contributed by atoms with Gasteiger partial charge < -0.3 is 5.32 Å². The number of nitrogens with one attached hydrogen (secondary N) is 1. The summed E-state index contributed by atoms with van der Waals surface area (Å²) in [4.78, 5) is 11.4. The molecule has 1 aromatic carbocycles. The molecular weight excluding hydrogens is 350 g/mol. The molecule has 0 fully saturated rings. The summed E-state index contributed by atoms with van der Waals surface area (Å²) in [5, 5.41) is 2.56. The summed E-state index contributed by atoms with van der Waals surface area (Å²) in [6.07, 6.45) is 0. The Bertz CT molecular complexity index is 406. The first-order valence-corrected chi connectivity index (χ1v) is 5.86. The van der Waals surface area contributed by atoms with Crippen LogP contribution >= 0.6 is 34.2 Å². The normalized spacial score (nSPS) is 11.3. The fraction of sp³-hybridized carbons (Fsp3) is 0.300. The zero-order valence-corrected chi connectivity index (χ0v) is 11.3. The number of halogens is 4. The predicted molar refractivity (Wildman–Crippen MR) is 67.1 cm³/mol. The highest BCUT2D eigenvalue weighted by molar-refractivity contribution is 14.1. The molecule has 1 rings (SSSR count). The molecule has 0 unspecified atom stereocenters. The van der Waals surface area contributed by atoms with E-state index in [1.54, 1.807) is 6.07 Å². The lowest BCUT2D eigenvalue weighted by molar-refractivity contribution is 0.0221. The van der Waals surface area contributed by atoms with Gasteiger partial charge in [-0.05, 0) is 40.8 Å². The number of hydrogen-bond acceptors (Lipinski definition) is 1. The van der Waals surface area contributed by atoms with Crippen molar-refractivity contribution in [2.45, 2.75) is 12.8 Å². The molecule has 16 heavy (non-hydrogen) atoms. The van der Waals surface area contributed by atoms with Crippen LogP contribution in [0.25, 0.3) is 0 Å². The average Bonchev–Trinajstić information content (AvgIpc) is 2.17. The van der Waals surface area contributed by atoms with Crippen molar-refractivity contribution in [1.29, 1.82) is 0 Å². The van der Waals surface area contributed by atoms with E-state index in [-0.39, 0.29) is 5.56 Å². The molecule has 0 atom stereocenters. The summed E-state index contributed by atoms with van der Waals surface area (Å²) in [5.74, 6) is -3.47. The molecule has 0 saturated heterocycles. The number of amides is 1. The van der Waals surface area contributed by atoms with Gasteiger partial charge in [0.25, 0.3) is 11.8 Å². The summed E-state index contributed by atoms with van der Waals surface area (Å²) in [5.41, 5.74) is 0.273. The number of hydrogen-bond donors (Lipinski definition) is 1. The van der Waals surface area contributed by atoms with E-state index in [0.717, 1.165) is 10.5 Å². The lowest BCUT2D eigenvalue weighted by atomic mass is 10.2. The summed E-state index contributed by atoms with van der Waals surface area (Å²) in [7, 11) is 0. The second kappa shape index (κ2) is 5.27. The molecule has 0 bridgehead atoms. The largest absolute Gasteiger partial charge is 0.346 e. The van der Waals surface area contributed by atoms with E-state index in [0.29, 0.717) is 5.02 Å². The van der Waals surface area contributed by atoms with Gasteiger partial charge in [0.2, 0.25) is 0 Å². The Morgan fingerprint density at radius 3 is 2.69 bits per heavy atom. The summed E-state index contributed by atoms with van der Waals surface area (Å²) in [6.45, 7) is 0.0592. The zero-order valence-electron chi connectivity index (χ0n) is 8.36. The number of carbonyl (C=O) groups is 1. The number of benzene rings is 1. The molecule has 1 aromatic rings. The third kappa shape index (κ3) is 4.21. The van der Waals surface area contributed by atoms with E-state index in [1.165, 1.54) is 12.1 Å². The molecule has 0 radical (unpaired) electrons. The van der Waals surface area contributed by atoms with Crippen LogP contribution in [0, 0.1) is 3.57 Å². The van der Waals surface area contributed by atoms with Crippen LogP contribution in [0.5, 0.6) is 0 Å². The van der Waals surface area contributed by atoms with Crippen molar-refractivity contribution in [3.8, 4) is 0 Å². The number of alkyl halides is 2. The molecule has 0 heterocycles. The lowest BCUT2D eigenvalue weighted by Gasteiger charge is -2.11. The molecule has 6 heteroatoms. The maximum atomic E-state index is 12.5. The van der Waals surface area contributed by atoms with Gasteiger partial charge in [-0.1, -0.05) is 11.6 Å². The Balaban J connectivity index is 2.70. The van der Waals surface area contributed by atoms with Crippen LogP contribution in [-0.2, 0) is 0 Å². The standard InChI is InChI=1S/C10H9ClF2INO/c1-10(12,13)5-15-9(16)6-2-3-8(14)7(11)4-6/h2-4H,5H2,1H3,(H,15,16). The van der Waals surface area contributed by atoms with Crippen LogP contribution in [0.15, 0.2) is 18.2 Å². The molecular formula is C10H9ClF2INO. The quantitative estimate of drug-likeness (QED) is 0.824. The van der Waals surface area contributed by atoms with Crippen molar-refractivity contribution in [3.63, 3.8) is 0 Å².